The average Bonchev–Trinajstić information content (AvgIpc) is 3.35. The van der Waals surface area contributed by atoms with Crippen molar-refractivity contribution in [2.75, 3.05) is 26.7 Å². The fourth-order valence-corrected chi connectivity index (χ4v) is 5.59. The number of likely N-dealkylation sites (N-methyl/N-ethyl adjacent to an activating group) is 1. The van der Waals surface area contributed by atoms with Gasteiger partial charge in [-0.3, -0.25) is 9.69 Å². The lowest BCUT2D eigenvalue weighted by Gasteiger charge is -2.44. The first-order valence-electron chi connectivity index (χ1n) is 11.2. The van der Waals surface area contributed by atoms with Gasteiger partial charge < -0.3 is 14.2 Å². The minimum atomic E-state index is 0. The van der Waals surface area contributed by atoms with Gasteiger partial charge in [-0.25, -0.2) is 0 Å². The molecule has 5 nitrogen and oxygen atoms in total. The van der Waals surface area contributed by atoms with Crippen LogP contribution in [0.4, 0.5) is 0 Å². The van der Waals surface area contributed by atoms with Gasteiger partial charge in [-0.1, -0.05) is 31.9 Å². The lowest BCUT2D eigenvalue weighted by Crippen LogP contribution is -2.57. The van der Waals surface area contributed by atoms with Crippen LogP contribution in [0.15, 0.2) is 24.4 Å². The third kappa shape index (κ3) is 4.19. The monoisotopic (exact) mass is 433 g/mol. The number of aromatic nitrogens is 1. The fourth-order valence-electron chi connectivity index (χ4n) is 5.59. The predicted molar refractivity (Wildman–Crippen MR) is 125 cm³/mol. The first-order valence-corrected chi connectivity index (χ1v) is 11.2. The molecule has 0 bridgehead atoms. The molecule has 0 radical (unpaired) electrons. The van der Waals surface area contributed by atoms with Crippen molar-refractivity contribution in [1.82, 2.24) is 14.4 Å². The highest BCUT2D eigenvalue weighted by molar-refractivity contribution is 6.08. The van der Waals surface area contributed by atoms with Gasteiger partial charge in [0.25, 0.3) is 5.91 Å². The summed E-state index contributed by atoms with van der Waals surface area (Å²) in [6, 6.07) is 6.85. The van der Waals surface area contributed by atoms with E-state index < -0.39 is 0 Å². The Morgan fingerprint density at radius 1 is 1.13 bits per heavy atom. The highest BCUT2D eigenvalue weighted by Gasteiger charge is 2.32. The molecule has 166 valence electrons. The van der Waals surface area contributed by atoms with E-state index in [1.54, 1.807) is 7.11 Å². The van der Waals surface area contributed by atoms with Crippen molar-refractivity contribution < 1.29 is 9.53 Å². The number of halogens is 1. The molecule has 1 saturated heterocycles. The lowest BCUT2D eigenvalue weighted by molar-refractivity contribution is 0.0331. The van der Waals surface area contributed by atoms with Crippen LogP contribution in [0, 0.1) is 5.92 Å². The van der Waals surface area contributed by atoms with E-state index in [9.17, 15) is 4.79 Å². The number of hydrogen-bond acceptors (Lipinski definition) is 3. The second kappa shape index (κ2) is 9.61. The second-order valence-electron chi connectivity index (χ2n) is 8.94. The van der Waals surface area contributed by atoms with Gasteiger partial charge in [0.2, 0.25) is 0 Å². The van der Waals surface area contributed by atoms with E-state index in [1.165, 1.54) is 25.7 Å². The maximum absolute atomic E-state index is 13.6. The Labute approximate surface area is 186 Å². The van der Waals surface area contributed by atoms with E-state index in [4.69, 9.17) is 4.74 Å². The zero-order valence-corrected chi connectivity index (χ0v) is 19.6. The molecule has 2 unspecified atom stereocenters. The van der Waals surface area contributed by atoms with Gasteiger partial charge in [0.1, 0.15) is 5.75 Å². The number of carbonyl (C=O) groups is 1. The molecule has 1 aliphatic carbocycles. The first-order chi connectivity index (χ1) is 14.0. The van der Waals surface area contributed by atoms with Gasteiger partial charge in [-0.15, -0.1) is 12.4 Å². The number of nitrogens with zero attached hydrogens (tertiary/aromatic N) is 3. The van der Waals surface area contributed by atoms with Crippen LogP contribution in [0.1, 0.15) is 56.8 Å². The van der Waals surface area contributed by atoms with Gasteiger partial charge in [-0.2, -0.15) is 0 Å². The summed E-state index contributed by atoms with van der Waals surface area (Å²) in [5.41, 5.74) is 1.89. The molecule has 0 spiro atoms. The number of amides is 1. The molecule has 30 heavy (non-hydrogen) atoms. The van der Waals surface area contributed by atoms with Crippen molar-refractivity contribution in [3.05, 3.63) is 30.0 Å². The molecule has 0 N–H and O–H groups in total. The summed E-state index contributed by atoms with van der Waals surface area (Å²) in [5.74, 6) is 1.71. The Bertz CT molecular complexity index is 863. The molecule has 2 aliphatic rings. The molecular formula is C24H36ClN3O2. The predicted octanol–water partition coefficient (Wildman–Crippen LogP) is 4.82. The maximum atomic E-state index is 13.6. The Hall–Kier alpha value is -1.72. The summed E-state index contributed by atoms with van der Waals surface area (Å²) < 4.78 is 7.97. The van der Waals surface area contributed by atoms with Crippen LogP contribution in [0.25, 0.3) is 10.9 Å². The van der Waals surface area contributed by atoms with Crippen molar-refractivity contribution in [3.8, 4) is 5.75 Å². The molecular weight excluding hydrogens is 398 g/mol. The highest BCUT2D eigenvalue weighted by Crippen LogP contribution is 2.34. The molecule has 2 atom stereocenters. The van der Waals surface area contributed by atoms with Crippen LogP contribution in [0.5, 0.6) is 5.75 Å². The quantitative estimate of drug-likeness (QED) is 0.678. The topological polar surface area (TPSA) is 37.7 Å². The average molecular weight is 434 g/mol. The lowest BCUT2D eigenvalue weighted by atomic mass is 10.1. The number of piperazine rings is 1. The number of hydrogen-bond donors (Lipinski definition) is 0. The molecule has 2 aromatic rings. The zero-order valence-electron chi connectivity index (χ0n) is 18.8. The minimum absolute atomic E-state index is 0. The van der Waals surface area contributed by atoms with Gasteiger partial charge >= 0.3 is 0 Å². The summed E-state index contributed by atoms with van der Waals surface area (Å²) in [6.07, 6.45) is 7.31. The van der Waals surface area contributed by atoms with Crippen LogP contribution < -0.4 is 4.74 Å². The van der Waals surface area contributed by atoms with E-state index in [2.05, 4.69) is 47.4 Å². The van der Waals surface area contributed by atoms with Crippen molar-refractivity contribution in [2.45, 2.75) is 65.1 Å². The molecule has 1 amide bonds. The molecule has 1 aromatic heterocycles. The molecule has 1 aromatic carbocycles. The van der Waals surface area contributed by atoms with Crippen molar-refractivity contribution in [3.63, 3.8) is 0 Å². The first kappa shape index (κ1) is 23.0. The zero-order chi connectivity index (χ0) is 20.5. The van der Waals surface area contributed by atoms with Crippen molar-refractivity contribution in [1.29, 1.82) is 0 Å². The Balaban J connectivity index is 0.00000256. The summed E-state index contributed by atoms with van der Waals surface area (Å²) >= 11 is 0. The molecule has 4 rings (SSSR count). The van der Waals surface area contributed by atoms with Gasteiger partial charge in [0.15, 0.2) is 0 Å². The Morgan fingerprint density at radius 2 is 1.80 bits per heavy atom. The third-order valence-electron chi connectivity index (χ3n) is 7.00. The van der Waals surface area contributed by atoms with Crippen LogP contribution in [0.2, 0.25) is 0 Å². The number of para-hydroxylation sites is 1. The maximum Gasteiger partial charge on any atom is 0.256 e. The number of ether oxygens (including phenoxy) is 1. The molecule has 1 saturated carbocycles. The molecule has 1 aliphatic heterocycles. The third-order valence-corrected chi connectivity index (χ3v) is 7.00. The molecule has 6 heteroatoms. The van der Waals surface area contributed by atoms with Crippen LogP contribution in [-0.4, -0.2) is 59.1 Å². The summed E-state index contributed by atoms with van der Waals surface area (Å²) in [5, 5.41) is 1.02. The largest absolute Gasteiger partial charge is 0.495 e. The van der Waals surface area contributed by atoms with Crippen LogP contribution >= 0.6 is 12.4 Å². The van der Waals surface area contributed by atoms with Gasteiger partial charge in [0.05, 0.1) is 18.2 Å². The number of fused-ring (bicyclic) bond motifs is 1. The van der Waals surface area contributed by atoms with E-state index >= 15 is 0 Å². The Kier molecular flexibility index (Phi) is 7.35. The van der Waals surface area contributed by atoms with Crippen molar-refractivity contribution >= 4 is 29.2 Å². The van der Waals surface area contributed by atoms with E-state index in [0.717, 1.165) is 48.4 Å². The van der Waals surface area contributed by atoms with E-state index in [1.807, 2.05) is 12.1 Å². The van der Waals surface area contributed by atoms with Crippen LogP contribution in [-0.2, 0) is 6.54 Å². The van der Waals surface area contributed by atoms with Gasteiger partial charge in [-0.05, 0) is 45.2 Å². The summed E-state index contributed by atoms with van der Waals surface area (Å²) in [7, 11) is 1.72. The van der Waals surface area contributed by atoms with E-state index in [-0.39, 0.29) is 18.3 Å². The van der Waals surface area contributed by atoms with Gasteiger partial charge in [0, 0.05) is 43.3 Å². The van der Waals surface area contributed by atoms with Crippen molar-refractivity contribution in [2.24, 2.45) is 5.92 Å². The number of methoxy groups -OCH3 is 1. The minimum Gasteiger partial charge on any atom is -0.495 e. The normalized spacial score (nSPS) is 23.0. The number of benzene rings is 1. The number of rotatable bonds is 5. The SMILES string of the molecule is CCN1C(C)CN(C(=O)c2cn(CC3CCCC3)c3c(OC)cccc23)CC1C.Cl. The highest BCUT2D eigenvalue weighted by atomic mass is 35.5. The smallest absolute Gasteiger partial charge is 0.256 e. The number of carbonyl (C=O) groups excluding carboxylic acids is 1. The van der Waals surface area contributed by atoms with E-state index in [0.29, 0.717) is 18.0 Å². The molecule has 2 fully saturated rings. The summed E-state index contributed by atoms with van der Waals surface area (Å²) in [6.45, 7) is 10.2. The second-order valence-corrected chi connectivity index (χ2v) is 8.94. The standard InChI is InChI=1S/C24H35N3O2.ClH/c1-5-27-17(2)13-26(14-18(27)3)24(28)21-16-25(15-19-9-6-7-10-19)23-20(21)11-8-12-22(23)29-4;/h8,11-12,16-19H,5-7,9-10,13-15H2,1-4H3;1H. The van der Waals surface area contributed by atoms with Crippen LogP contribution in [0.3, 0.4) is 0 Å². The molecule has 2 heterocycles. The summed E-state index contributed by atoms with van der Waals surface area (Å²) in [4.78, 5) is 18.1. The Morgan fingerprint density at radius 3 is 2.40 bits per heavy atom. The fraction of sp³-hybridized carbons (Fsp3) is 0.625.